The summed E-state index contributed by atoms with van der Waals surface area (Å²) in [5.74, 6) is 0.830. The van der Waals surface area contributed by atoms with Gasteiger partial charge in [0.15, 0.2) is 17.9 Å². The van der Waals surface area contributed by atoms with Crippen LogP contribution < -0.4 is 5.32 Å². The number of amides is 1. The minimum absolute atomic E-state index is 0.275. The van der Waals surface area contributed by atoms with E-state index in [0.29, 0.717) is 39.5 Å². The highest BCUT2D eigenvalue weighted by Gasteiger charge is 2.20. The molecule has 4 aromatic heterocycles. The summed E-state index contributed by atoms with van der Waals surface area (Å²) in [4.78, 5) is 21.5. The highest BCUT2D eigenvalue weighted by Crippen LogP contribution is 2.28. The van der Waals surface area contributed by atoms with E-state index in [1.165, 1.54) is 6.39 Å². The molecule has 0 fully saturated rings. The summed E-state index contributed by atoms with van der Waals surface area (Å²) >= 11 is 0. The second kappa shape index (κ2) is 6.75. The van der Waals surface area contributed by atoms with Gasteiger partial charge in [-0.15, -0.1) is 0 Å². The van der Waals surface area contributed by atoms with Crippen LogP contribution in [-0.2, 0) is 0 Å². The van der Waals surface area contributed by atoms with Crippen LogP contribution in [0.5, 0.6) is 0 Å². The molecule has 8 heteroatoms. The fraction of sp³-hybridized carbons (Fsp3) is 0.0476. The van der Waals surface area contributed by atoms with E-state index in [1.54, 1.807) is 43.6 Å². The van der Waals surface area contributed by atoms with Crippen LogP contribution in [0.25, 0.3) is 33.9 Å². The van der Waals surface area contributed by atoms with Crippen LogP contribution in [0.15, 0.2) is 74.7 Å². The third-order valence-corrected chi connectivity index (χ3v) is 4.47. The van der Waals surface area contributed by atoms with Gasteiger partial charge in [-0.25, -0.2) is 9.97 Å². The van der Waals surface area contributed by atoms with E-state index in [-0.39, 0.29) is 11.6 Å². The topological polar surface area (TPSA) is 107 Å². The van der Waals surface area contributed by atoms with Gasteiger partial charge < -0.3 is 18.7 Å². The van der Waals surface area contributed by atoms with Gasteiger partial charge in [0.1, 0.15) is 5.69 Å². The molecular formula is C21H14N4O4. The second-order valence-electron chi connectivity index (χ2n) is 6.38. The lowest BCUT2D eigenvalue weighted by Gasteiger charge is -2.08. The van der Waals surface area contributed by atoms with Crippen LogP contribution in [0.3, 0.4) is 0 Å². The number of carbonyl (C=O) groups excluding carboxylic acids is 1. The van der Waals surface area contributed by atoms with Gasteiger partial charge >= 0.3 is 0 Å². The van der Waals surface area contributed by atoms with Crippen LogP contribution in [0, 0.1) is 6.92 Å². The van der Waals surface area contributed by atoms with Crippen molar-refractivity contribution in [2.24, 2.45) is 0 Å². The van der Waals surface area contributed by atoms with Gasteiger partial charge in [0.05, 0.1) is 29.1 Å². The summed E-state index contributed by atoms with van der Waals surface area (Å²) in [6.07, 6.45) is 4.52. The van der Waals surface area contributed by atoms with Gasteiger partial charge in [-0.05, 0) is 37.3 Å². The van der Waals surface area contributed by atoms with Gasteiger partial charge in [-0.3, -0.25) is 4.79 Å². The first kappa shape index (κ1) is 16.9. The Morgan fingerprint density at radius 3 is 2.79 bits per heavy atom. The van der Waals surface area contributed by atoms with E-state index in [1.807, 2.05) is 18.2 Å². The van der Waals surface area contributed by atoms with Gasteiger partial charge in [0.2, 0.25) is 0 Å². The predicted octanol–water partition coefficient (Wildman–Crippen LogP) is 4.70. The number of benzene rings is 1. The molecular weight excluding hydrogens is 372 g/mol. The van der Waals surface area contributed by atoms with Crippen molar-refractivity contribution in [1.82, 2.24) is 15.1 Å². The van der Waals surface area contributed by atoms with Crippen molar-refractivity contribution in [1.29, 1.82) is 0 Å². The fourth-order valence-electron chi connectivity index (χ4n) is 3.13. The molecule has 0 unspecified atom stereocenters. The molecule has 0 atom stereocenters. The van der Waals surface area contributed by atoms with Crippen LogP contribution in [-0.4, -0.2) is 21.0 Å². The Morgan fingerprint density at radius 2 is 2.00 bits per heavy atom. The quantitative estimate of drug-likeness (QED) is 0.477. The van der Waals surface area contributed by atoms with E-state index in [2.05, 4.69) is 20.4 Å². The third-order valence-electron chi connectivity index (χ3n) is 4.47. The number of nitrogens with one attached hydrogen (secondary N) is 1. The Hall–Kier alpha value is -4.20. The lowest BCUT2D eigenvalue weighted by atomic mass is 10.1. The number of nitrogens with zero attached hydrogens (tertiary/aromatic N) is 3. The summed E-state index contributed by atoms with van der Waals surface area (Å²) in [5.41, 5.74) is 3.15. The number of anilines is 1. The Kier molecular flexibility index (Phi) is 3.94. The van der Waals surface area contributed by atoms with Crippen LogP contribution in [0.4, 0.5) is 5.69 Å². The van der Waals surface area contributed by atoms with Crippen molar-refractivity contribution in [3.8, 4) is 22.8 Å². The molecule has 5 aromatic rings. The van der Waals surface area contributed by atoms with Crippen LogP contribution in [0.1, 0.15) is 16.1 Å². The molecule has 0 spiro atoms. The molecule has 0 saturated carbocycles. The van der Waals surface area contributed by atoms with Crippen molar-refractivity contribution in [2.45, 2.75) is 6.92 Å². The standard InChI is InChI=1S/C21H14N4O4/c1-12-19-15(9-16(17-6-3-7-27-17)24-21(19)29-25-12)20(26)23-14-5-2-4-13(8-14)18-10-22-11-28-18/h2-11H,1H3,(H,23,26). The molecule has 1 N–H and O–H groups in total. The Balaban J connectivity index is 1.54. The first-order chi connectivity index (χ1) is 14.2. The molecule has 0 radical (unpaired) electrons. The molecule has 0 aliphatic carbocycles. The molecule has 1 aromatic carbocycles. The van der Waals surface area contributed by atoms with Crippen LogP contribution >= 0.6 is 0 Å². The molecule has 0 aliphatic rings. The van der Waals surface area contributed by atoms with E-state index < -0.39 is 0 Å². The van der Waals surface area contributed by atoms with E-state index in [9.17, 15) is 4.79 Å². The summed E-state index contributed by atoms with van der Waals surface area (Å²) in [7, 11) is 0. The number of rotatable bonds is 4. The van der Waals surface area contributed by atoms with E-state index in [0.717, 1.165) is 5.56 Å². The lowest BCUT2D eigenvalue weighted by molar-refractivity contribution is 0.102. The zero-order valence-corrected chi connectivity index (χ0v) is 15.2. The number of fused-ring (bicyclic) bond motifs is 1. The number of oxazole rings is 1. The maximum absolute atomic E-state index is 13.1. The normalized spacial score (nSPS) is 11.1. The van der Waals surface area contributed by atoms with Crippen LogP contribution in [0.2, 0.25) is 0 Å². The molecule has 0 bridgehead atoms. The zero-order chi connectivity index (χ0) is 19.8. The minimum Gasteiger partial charge on any atom is -0.463 e. The highest BCUT2D eigenvalue weighted by atomic mass is 16.5. The lowest BCUT2D eigenvalue weighted by Crippen LogP contribution is -2.13. The Labute approximate surface area is 164 Å². The predicted molar refractivity (Wildman–Crippen MR) is 104 cm³/mol. The maximum Gasteiger partial charge on any atom is 0.259 e. The first-order valence-corrected chi connectivity index (χ1v) is 8.80. The molecule has 1 amide bonds. The van der Waals surface area contributed by atoms with E-state index in [4.69, 9.17) is 13.4 Å². The number of furan rings is 1. The minimum atomic E-state index is -0.314. The smallest absolute Gasteiger partial charge is 0.259 e. The van der Waals surface area contributed by atoms with E-state index >= 15 is 0 Å². The fourth-order valence-corrected chi connectivity index (χ4v) is 3.13. The molecule has 8 nitrogen and oxygen atoms in total. The van der Waals surface area contributed by atoms with Crippen molar-refractivity contribution in [3.05, 3.63) is 72.6 Å². The molecule has 4 heterocycles. The number of hydrogen-bond acceptors (Lipinski definition) is 7. The Bertz CT molecular complexity index is 1300. The molecule has 142 valence electrons. The SMILES string of the molecule is Cc1noc2nc(-c3ccco3)cc(C(=O)Nc3cccc(-c4cnco4)c3)c12. The summed E-state index contributed by atoms with van der Waals surface area (Å²) in [5, 5.41) is 7.42. The summed E-state index contributed by atoms with van der Waals surface area (Å²) < 4.78 is 16.0. The average molecular weight is 386 g/mol. The van der Waals surface area contributed by atoms with Gasteiger partial charge in [-0.1, -0.05) is 17.3 Å². The number of aryl methyl sites for hydroxylation is 1. The van der Waals surface area contributed by atoms with Crippen molar-refractivity contribution < 1.29 is 18.2 Å². The summed E-state index contributed by atoms with van der Waals surface area (Å²) in [6.45, 7) is 1.77. The van der Waals surface area contributed by atoms with Gasteiger partial charge in [-0.2, -0.15) is 0 Å². The molecule has 0 saturated heterocycles. The van der Waals surface area contributed by atoms with Crippen molar-refractivity contribution in [2.75, 3.05) is 5.32 Å². The number of aromatic nitrogens is 3. The molecule has 0 aliphatic heterocycles. The number of hydrogen-bond donors (Lipinski definition) is 1. The average Bonchev–Trinajstić information content (AvgIpc) is 3.50. The molecule has 29 heavy (non-hydrogen) atoms. The number of pyridine rings is 1. The second-order valence-corrected chi connectivity index (χ2v) is 6.38. The third kappa shape index (κ3) is 3.06. The zero-order valence-electron chi connectivity index (χ0n) is 15.2. The largest absolute Gasteiger partial charge is 0.463 e. The van der Waals surface area contributed by atoms with Crippen molar-refractivity contribution >= 4 is 22.7 Å². The first-order valence-electron chi connectivity index (χ1n) is 8.80. The van der Waals surface area contributed by atoms with Crippen molar-refractivity contribution in [3.63, 3.8) is 0 Å². The monoisotopic (exact) mass is 386 g/mol. The summed E-state index contributed by atoms with van der Waals surface area (Å²) in [6, 6.07) is 12.5. The van der Waals surface area contributed by atoms with Gasteiger partial charge in [0, 0.05) is 11.3 Å². The highest BCUT2D eigenvalue weighted by molar-refractivity contribution is 6.13. The Morgan fingerprint density at radius 1 is 1.07 bits per heavy atom. The van der Waals surface area contributed by atoms with Gasteiger partial charge in [0.25, 0.3) is 11.6 Å². The number of carbonyl (C=O) groups is 1. The maximum atomic E-state index is 13.1. The molecule has 5 rings (SSSR count).